The number of imidazole rings is 1. The molecule has 8 nitrogen and oxygen atoms in total. The monoisotopic (exact) mass is 439 g/mol. The number of pyridine rings is 1. The predicted octanol–water partition coefficient (Wildman–Crippen LogP) is 3.65. The van der Waals surface area contributed by atoms with Crippen molar-refractivity contribution in [2.75, 3.05) is 5.32 Å². The summed E-state index contributed by atoms with van der Waals surface area (Å²) in [6, 6.07) is 20.2. The minimum atomic E-state index is -0.201. The van der Waals surface area contributed by atoms with Crippen LogP contribution >= 0.6 is 0 Å². The lowest BCUT2D eigenvalue weighted by Crippen LogP contribution is -2.23. The van der Waals surface area contributed by atoms with E-state index in [-0.39, 0.29) is 24.4 Å². The van der Waals surface area contributed by atoms with Crippen LogP contribution < -0.4 is 15.6 Å². The van der Waals surface area contributed by atoms with Crippen molar-refractivity contribution in [3.05, 3.63) is 101 Å². The van der Waals surface area contributed by atoms with Crippen LogP contribution in [-0.4, -0.2) is 24.8 Å². The molecule has 2 aromatic carbocycles. The molecule has 3 aromatic heterocycles. The zero-order chi connectivity index (χ0) is 22.6. The molecule has 0 aliphatic carbocycles. The molecule has 5 aromatic rings. The maximum absolute atomic E-state index is 12.6. The Bertz CT molecular complexity index is 1470. The zero-order valence-electron chi connectivity index (χ0n) is 17.7. The molecule has 0 saturated carbocycles. The molecule has 1 amide bonds. The number of amides is 1. The highest BCUT2D eigenvalue weighted by Gasteiger charge is 2.08. The Morgan fingerprint density at radius 1 is 1.03 bits per heavy atom. The quantitative estimate of drug-likeness (QED) is 0.418. The first-order chi connectivity index (χ1) is 16.2. The van der Waals surface area contributed by atoms with Gasteiger partial charge in [0.15, 0.2) is 0 Å². The lowest BCUT2D eigenvalue weighted by molar-refractivity contribution is -0.116. The number of carbonyl (C=O) groups is 1. The van der Waals surface area contributed by atoms with E-state index in [4.69, 9.17) is 4.74 Å². The SMILES string of the molecule is O=C(CCn1cnc2ccccc2c1=O)Nc1cccc(OCc2cn3ccccc3n2)c1. The smallest absolute Gasteiger partial charge is 0.261 e. The number of fused-ring (bicyclic) bond motifs is 2. The number of hydrogen-bond acceptors (Lipinski definition) is 5. The van der Waals surface area contributed by atoms with Crippen LogP contribution in [0.2, 0.25) is 0 Å². The summed E-state index contributed by atoms with van der Waals surface area (Å²) < 4.78 is 9.24. The second-order valence-corrected chi connectivity index (χ2v) is 7.57. The number of anilines is 1. The molecule has 3 heterocycles. The Kier molecular flexibility index (Phi) is 5.55. The van der Waals surface area contributed by atoms with Crippen LogP contribution in [0.3, 0.4) is 0 Å². The van der Waals surface area contributed by atoms with Crippen molar-refractivity contribution < 1.29 is 9.53 Å². The maximum Gasteiger partial charge on any atom is 0.261 e. The summed E-state index contributed by atoms with van der Waals surface area (Å²) in [6.07, 6.45) is 5.48. The molecule has 0 aliphatic heterocycles. The fourth-order valence-electron chi connectivity index (χ4n) is 3.59. The van der Waals surface area contributed by atoms with Gasteiger partial charge in [-0.2, -0.15) is 0 Å². The Hall–Kier alpha value is -4.46. The molecule has 0 atom stereocenters. The summed E-state index contributed by atoms with van der Waals surface area (Å²) in [5.41, 5.74) is 2.78. The molecule has 0 saturated heterocycles. The highest BCUT2D eigenvalue weighted by molar-refractivity contribution is 5.90. The molecule has 33 heavy (non-hydrogen) atoms. The number of carbonyl (C=O) groups excluding carboxylic acids is 1. The van der Waals surface area contributed by atoms with Crippen molar-refractivity contribution >= 4 is 28.1 Å². The number of aromatic nitrogens is 4. The Morgan fingerprint density at radius 2 is 1.91 bits per heavy atom. The van der Waals surface area contributed by atoms with Crippen LogP contribution in [0.4, 0.5) is 5.69 Å². The van der Waals surface area contributed by atoms with E-state index in [1.54, 1.807) is 30.3 Å². The number of nitrogens with zero attached hydrogens (tertiary/aromatic N) is 4. The number of ether oxygens (including phenoxy) is 1. The Balaban J connectivity index is 1.19. The first kappa shape index (κ1) is 20.4. The largest absolute Gasteiger partial charge is 0.487 e. The summed E-state index contributed by atoms with van der Waals surface area (Å²) in [5, 5.41) is 3.39. The van der Waals surface area contributed by atoms with Crippen molar-refractivity contribution in [1.82, 2.24) is 18.9 Å². The van der Waals surface area contributed by atoms with Gasteiger partial charge in [-0.05, 0) is 36.4 Å². The van der Waals surface area contributed by atoms with E-state index in [2.05, 4.69) is 15.3 Å². The minimum Gasteiger partial charge on any atom is -0.487 e. The predicted molar refractivity (Wildman–Crippen MR) is 125 cm³/mol. The van der Waals surface area contributed by atoms with Gasteiger partial charge in [0, 0.05) is 37.1 Å². The molecular formula is C25H21N5O3. The van der Waals surface area contributed by atoms with E-state index in [1.807, 2.05) is 53.2 Å². The number of hydrogen-bond donors (Lipinski definition) is 1. The fraction of sp³-hybridized carbons (Fsp3) is 0.120. The third kappa shape index (κ3) is 4.59. The Morgan fingerprint density at radius 3 is 2.82 bits per heavy atom. The topological polar surface area (TPSA) is 90.5 Å². The van der Waals surface area contributed by atoms with E-state index in [0.29, 0.717) is 28.9 Å². The molecule has 8 heteroatoms. The summed E-state index contributed by atoms with van der Waals surface area (Å²) >= 11 is 0. The van der Waals surface area contributed by atoms with E-state index >= 15 is 0 Å². The molecule has 5 rings (SSSR count). The summed E-state index contributed by atoms with van der Waals surface area (Å²) in [7, 11) is 0. The number of para-hydroxylation sites is 1. The van der Waals surface area contributed by atoms with Gasteiger partial charge in [0.05, 0.1) is 22.9 Å². The maximum atomic E-state index is 12.6. The van der Waals surface area contributed by atoms with Crippen molar-refractivity contribution in [2.24, 2.45) is 0 Å². The minimum absolute atomic E-state index is 0.145. The summed E-state index contributed by atoms with van der Waals surface area (Å²) in [5.74, 6) is 0.423. The van der Waals surface area contributed by atoms with E-state index < -0.39 is 0 Å². The molecule has 1 N–H and O–H groups in total. The van der Waals surface area contributed by atoms with Gasteiger partial charge in [-0.15, -0.1) is 0 Å². The first-order valence-electron chi connectivity index (χ1n) is 10.6. The van der Waals surface area contributed by atoms with E-state index in [0.717, 1.165) is 11.3 Å². The molecule has 0 bridgehead atoms. The highest BCUT2D eigenvalue weighted by Crippen LogP contribution is 2.19. The first-order valence-corrected chi connectivity index (χ1v) is 10.6. The number of benzene rings is 2. The molecule has 0 fully saturated rings. The third-order valence-electron chi connectivity index (χ3n) is 5.23. The fourth-order valence-corrected chi connectivity index (χ4v) is 3.59. The van der Waals surface area contributed by atoms with E-state index in [9.17, 15) is 9.59 Å². The van der Waals surface area contributed by atoms with Gasteiger partial charge in [0.1, 0.15) is 18.0 Å². The van der Waals surface area contributed by atoms with Gasteiger partial charge >= 0.3 is 0 Å². The summed E-state index contributed by atoms with van der Waals surface area (Å²) in [6.45, 7) is 0.559. The molecule has 164 valence electrons. The van der Waals surface area contributed by atoms with Gasteiger partial charge in [0.2, 0.25) is 5.91 Å². The molecular weight excluding hydrogens is 418 g/mol. The van der Waals surface area contributed by atoms with Gasteiger partial charge in [-0.3, -0.25) is 14.2 Å². The molecule has 0 aliphatic rings. The summed E-state index contributed by atoms with van der Waals surface area (Å²) in [4.78, 5) is 33.8. The zero-order valence-corrected chi connectivity index (χ0v) is 17.7. The number of rotatable bonds is 7. The van der Waals surface area contributed by atoms with Crippen LogP contribution in [0.5, 0.6) is 5.75 Å². The lowest BCUT2D eigenvalue weighted by Gasteiger charge is -2.09. The lowest BCUT2D eigenvalue weighted by atomic mass is 10.2. The number of nitrogens with one attached hydrogen (secondary N) is 1. The number of aryl methyl sites for hydroxylation is 1. The third-order valence-corrected chi connectivity index (χ3v) is 5.23. The molecule has 0 unspecified atom stereocenters. The molecule has 0 radical (unpaired) electrons. The van der Waals surface area contributed by atoms with Crippen molar-refractivity contribution in [3.63, 3.8) is 0 Å². The average Bonchev–Trinajstić information content (AvgIpc) is 3.26. The van der Waals surface area contributed by atoms with Crippen LogP contribution in [-0.2, 0) is 17.9 Å². The van der Waals surface area contributed by atoms with Crippen LogP contribution in [0.1, 0.15) is 12.1 Å². The van der Waals surface area contributed by atoms with Crippen LogP contribution in [0.25, 0.3) is 16.6 Å². The van der Waals surface area contributed by atoms with E-state index in [1.165, 1.54) is 10.9 Å². The second kappa shape index (κ2) is 8.96. The standard InChI is InChI=1S/C25H21N5O3/c31-24(11-13-30-17-26-22-9-2-1-8-21(22)25(30)32)28-18-6-5-7-20(14-18)33-16-19-15-29-12-4-3-10-23(29)27-19/h1-10,12,14-15,17H,11,13,16H2,(H,28,31). The average molecular weight is 439 g/mol. The normalized spacial score (nSPS) is 11.0. The molecule has 0 spiro atoms. The van der Waals surface area contributed by atoms with Gasteiger partial charge in [0.25, 0.3) is 5.56 Å². The van der Waals surface area contributed by atoms with Crippen LogP contribution in [0.15, 0.2) is 90.2 Å². The van der Waals surface area contributed by atoms with Crippen molar-refractivity contribution in [3.8, 4) is 5.75 Å². The van der Waals surface area contributed by atoms with Gasteiger partial charge in [-0.1, -0.05) is 24.3 Å². The van der Waals surface area contributed by atoms with Gasteiger partial charge < -0.3 is 14.5 Å². The van der Waals surface area contributed by atoms with Gasteiger partial charge in [-0.25, -0.2) is 9.97 Å². The van der Waals surface area contributed by atoms with Crippen molar-refractivity contribution in [2.45, 2.75) is 19.6 Å². The van der Waals surface area contributed by atoms with Crippen molar-refractivity contribution in [1.29, 1.82) is 0 Å². The highest BCUT2D eigenvalue weighted by atomic mass is 16.5. The van der Waals surface area contributed by atoms with Crippen LogP contribution in [0, 0.1) is 0 Å². The second-order valence-electron chi connectivity index (χ2n) is 7.57. The Labute approximate surface area is 189 Å².